The van der Waals surface area contributed by atoms with E-state index in [1.54, 1.807) is 12.1 Å². The summed E-state index contributed by atoms with van der Waals surface area (Å²) in [6.07, 6.45) is 1.11. The highest BCUT2D eigenvalue weighted by Crippen LogP contribution is 2.21. The molecule has 0 amide bonds. The molecule has 0 spiro atoms. The molecule has 0 aliphatic carbocycles. The van der Waals surface area contributed by atoms with Crippen LogP contribution >= 0.6 is 11.6 Å². The number of nitrogen functional groups attached to an aromatic ring is 1. The van der Waals surface area contributed by atoms with Gasteiger partial charge in [-0.25, -0.2) is 8.42 Å². The molecular formula is C9H12ClNO3S2. The molecule has 0 aromatic heterocycles. The summed E-state index contributed by atoms with van der Waals surface area (Å²) in [6.45, 7) is 0. The number of anilines is 1. The van der Waals surface area contributed by atoms with Gasteiger partial charge < -0.3 is 5.73 Å². The highest BCUT2D eigenvalue weighted by atomic mass is 35.5. The Morgan fingerprint density at radius 1 is 1.44 bits per heavy atom. The summed E-state index contributed by atoms with van der Waals surface area (Å²) < 4.78 is 33.6. The van der Waals surface area contributed by atoms with Crippen molar-refractivity contribution in [3.05, 3.63) is 23.2 Å². The van der Waals surface area contributed by atoms with Crippen molar-refractivity contribution in [1.29, 1.82) is 0 Å². The molecule has 1 unspecified atom stereocenters. The lowest BCUT2D eigenvalue weighted by Gasteiger charge is -2.05. The van der Waals surface area contributed by atoms with Gasteiger partial charge in [0, 0.05) is 22.7 Å². The monoisotopic (exact) mass is 281 g/mol. The largest absolute Gasteiger partial charge is 0.398 e. The molecule has 1 atom stereocenters. The molecule has 0 aliphatic rings. The Kier molecular flexibility index (Phi) is 4.35. The fourth-order valence-corrected chi connectivity index (χ4v) is 3.82. The number of halogens is 1. The van der Waals surface area contributed by atoms with Crippen molar-refractivity contribution < 1.29 is 12.6 Å². The van der Waals surface area contributed by atoms with Gasteiger partial charge in [-0.3, -0.25) is 4.21 Å². The molecule has 1 aromatic rings. The van der Waals surface area contributed by atoms with Crippen molar-refractivity contribution in [2.75, 3.05) is 23.5 Å². The topological polar surface area (TPSA) is 77.2 Å². The summed E-state index contributed by atoms with van der Waals surface area (Å²) in [7, 11) is -4.52. The predicted molar refractivity (Wildman–Crippen MR) is 66.9 cm³/mol. The van der Waals surface area contributed by atoms with Gasteiger partial charge in [-0.2, -0.15) is 0 Å². The smallest absolute Gasteiger partial charge is 0.148 e. The van der Waals surface area contributed by atoms with E-state index in [1.807, 2.05) is 0 Å². The molecule has 2 N–H and O–H groups in total. The number of benzene rings is 1. The third kappa shape index (κ3) is 4.11. The van der Waals surface area contributed by atoms with Gasteiger partial charge in [-0.15, -0.1) is 0 Å². The highest BCUT2D eigenvalue weighted by Gasteiger charge is 2.11. The van der Waals surface area contributed by atoms with Crippen molar-refractivity contribution in [2.45, 2.75) is 4.90 Å². The maximum Gasteiger partial charge on any atom is 0.148 e. The zero-order valence-corrected chi connectivity index (χ0v) is 11.0. The van der Waals surface area contributed by atoms with Crippen LogP contribution in [0.2, 0.25) is 5.02 Å². The summed E-state index contributed by atoms with van der Waals surface area (Å²) in [5.41, 5.74) is 5.95. The molecule has 0 saturated carbocycles. The molecule has 16 heavy (non-hydrogen) atoms. The van der Waals surface area contributed by atoms with Gasteiger partial charge in [-0.1, -0.05) is 11.6 Å². The van der Waals surface area contributed by atoms with E-state index < -0.39 is 20.6 Å². The first-order chi connectivity index (χ1) is 7.29. The van der Waals surface area contributed by atoms with E-state index in [1.165, 1.54) is 6.07 Å². The molecule has 0 saturated heterocycles. The third-order valence-electron chi connectivity index (χ3n) is 1.86. The van der Waals surface area contributed by atoms with E-state index in [0.717, 1.165) is 6.26 Å². The highest BCUT2D eigenvalue weighted by molar-refractivity contribution is 7.92. The first-order valence-electron chi connectivity index (χ1n) is 4.41. The van der Waals surface area contributed by atoms with Gasteiger partial charge in [0.2, 0.25) is 0 Å². The van der Waals surface area contributed by atoms with Crippen LogP contribution in [0.5, 0.6) is 0 Å². The van der Waals surface area contributed by atoms with Gasteiger partial charge in [0.15, 0.2) is 0 Å². The molecule has 0 aliphatic heterocycles. The summed E-state index contributed by atoms with van der Waals surface area (Å²) in [6, 6.07) is 4.62. The molecule has 4 nitrogen and oxygen atoms in total. The van der Waals surface area contributed by atoms with Crippen LogP contribution < -0.4 is 5.73 Å². The van der Waals surface area contributed by atoms with E-state index in [0.29, 0.717) is 15.6 Å². The minimum atomic E-state index is -3.11. The van der Waals surface area contributed by atoms with Gasteiger partial charge in [0.1, 0.15) is 9.84 Å². The van der Waals surface area contributed by atoms with E-state index in [-0.39, 0.29) is 11.5 Å². The van der Waals surface area contributed by atoms with Crippen LogP contribution in [0.4, 0.5) is 5.69 Å². The quantitative estimate of drug-likeness (QED) is 0.838. The first kappa shape index (κ1) is 13.5. The Hall–Kier alpha value is -0.590. The van der Waals surface area contributed by atoms with Crippen LogP contribution in [0.1, 0.15) is 0 Å². The fourth-order valence-electron chi connectivity index (χ4n) is 1.06. The second-order valence-electron chi connectivity index (χ2n) is 3.36. The molecule has 1 aromatic carbocycles. The molecule has 0 fully saturated rings. The summed E-state index contributed by atoms with van der Waals surface area (Å²) >= 11 is 5.70. The standard InChI is InChI=1S/C9H12ClNO3S2/c1-16(13,14)5-4-15(12)9-3-2-7(10)6-8(9)11/h2-3,6H,4-5,11H2,1H3. The number of hydrogen-bond donors (Lipinski definition) is 1. The van der Waals surface area contributed by atoms with Crippen LogP contribution in [-0.4, -0.2) is 30.4 Å². The van der Waals surface area contributed by atoms with Crippen LogP contribution in [0.15, 0.2) is 23.1 Å². The lowest BCUT2D eigenvalue weighted by Crippen LogP contribution is -2.12. The number of sulfone groups is 1. The second kappa shape index (κ2) is 5.16. The van der Waals surface area contributed by atoms with Crippen LogP contribution in [-0.2, 0) is 20.6 Å². The summed E-state index contributed by atoms with van der Waals surface area (Å²) in [5.74, 6) is -0.0770. The average molecular weight is 282 g/mol. The number of rotatable bonds is 4. The Labute approximate surface area is 102 Å². The third-order valence-corrected chi connectivity index (χ3v) is 4.73. The van der Waals surface area contributed by atoms with Gasteiger partial charge in [-0.05, 0) is 18.2 Å². The second-order valence-corrected chi connectivity index (χ2v) is 7.60. The maximum absolute atomic E-state index is 11.7. The first-order valence-corrected chi connectivity index (χ1v) is 8.16. The molecule has 0 bridgehead atoms. The van der Waals surface area contributed by atoms with Crippen molar-refractivity contribution in [3.63, 3.8) is 0 Å². The zero-order chi connectivity index (χ0) is 12.3. The summed E-state index contributed by atoms with van der Waals surface area (Å²) in [4.78, 5) is 0.424. The van der Waals surface area contributed by atoms with Crippen LogP contribution in [0, 0.1) is 0 Å². The normalized spacial score (nSPS) is 13.6. The van der Waals surface area contributed by atoms with Crippen LogP contribution in [0.3, 0.4) is 0 Å². The van der Waals surface area contributed by atoms with Crippen molar-refractivity contribution in [1.82, 2.24) is 0 Å². The molecule has 7 heteroatoms. The molecule has 0 radical (unpaired) electrons. The van der Waals surface area contributed by atoms with E-state index >= 15 is 0 Å². The van der Waals surface area contributed by atoms with E-state index in [2.05, 4.69) is 0 Å². The average Bonchev–Trinajstić information content (AvgIpc) is 2.13. The zero-order valence-electron chi connectivity index (χ0n) is 8.64. The maximum atomic E-state index is 11.7. The number of nitrogens with two attached hydrogens (primary N) is 1. The van der Waals surface area contributed by atoms with Crippen LogP contribution in [0.25, 0.3) is 0 Å². The van der Waals surface area contributed by atoms with Crippen molar-refractivity contribution in [2.24, 2.45) is 0 Å². The van der Waals surface area contributed by atoms with Gasteiger partial charge >= 0.3 is 0 Å². The lowest BCUT2D eigenvalue weighted by molar-refractivity contribution is 0.602. The van der Waals surface area contributed by atoms with E-state index in [4.69, 9.17) is 17.3 Å². The predicted octanol–water partition coefficient (Wildman–Crippen LogP) is 1.07. The molecule has 0 heterocycles. The minimum Gasteiger partial charge on any atom is -0.398 e. The Morgan fingerprint density at radius 3 is 2.56 bits per heavy atom. The lowest BCUT2D eigenvalue weighted by atomic mass is 10.3. The van der Waals surface area contributed by atoms with Gasteiger partial charge in [0.05, 0.1) is 21.4 Å². The summed E-state index contributed by atoms with van der Waals surface area (Å²) in [5, 5.41) is 0.460. The Balaban J connectivity index is 2.82. The van der Waals surface area contributed by atoms with Crippen molar-refractivity contribution in [3.8, 4) is 0 Å². The molecule has 1 rings (SSSR count). The SMILES string of the molecule is CS(=O)(=O)CCS(=O)c1ccc(Cl)cc1N. The Morgan fingerprint density at radius 2 is 2.06 bits per heavy atom. The number of hydrogen-bond acceptors (Lipinski definition) is 4. The molecule has 90 valence electrons. The Bertz CT molecular complexity index is 513. The minimum absolute atomic E-state index is 0.0463. The van der Waals surface area contributed by atoms with E-state index in [9.17, 15) is 12.6 Å². The van der Waals surface area contributed by atoms with Gasteiger partial charge in [0.25, 0.3) is 0 Å². The van der Waals surface area contributed by atoms with Crippen molar-refractivity contribution >= 4 is 37.9 Å². The fraction of sp³-hybridized carbons (Fsp3) is 0.333. The molecular weight excluding hydrogens is 270 g/mol.